The molecule has 0 aromatic carbocycles. The fraction of sp³-hybridized carbons (Fsp3) is 0.667. The van der Waals surface area contributed by atoms with Gasteiger partial charge in [-0.2, -0.15) is 9.97 Å². The van der Waals surface area contributed by atoms with Crippen molar-refractivity contribution in [3.63, 3.8) is 0 Å². The first-order valence-electron chi connectivity index (χ1n) is 5.80. The monoisotopic (exact) mass is 239 g/mol. The fourth-order valence-electron chi connectivity index (χ4n) is 1.82. The van der Waals surface area contributed by atoms with Crippen molar-refractivity contribution in [2.24, 2.45) is 0 Å². The van der Waals surface area contributed by atoms with Crippen LogP contribution >= 0.6 is 0 Å². The summed E-state index contributed by atoms with van der Waals surface area (Å²) in [5.41, 5.74) is 0. The summed E-state index contributed by atoms with van der Waals surface area (Å²) in [6.07, 6.45) is 1.01. The van der Waals surface area contributed by atoms with Crippen LogP contribution in [0.15, 0.2) is 6.07 Å². The number of aromatic nitrogens is 2. The summed E-state index contributed by atoms with van der Waals surface area (Å²) in [5, 5.41) is 3.26. The normalized spacial score (nSPS) is 14.2. The van der Waals surface area contributed by atoms with E-state index < -0.39 is 0 Å². The maximum atomic E-state index is 5.14. The zero-order chi connectivity index (χ0) is 12.8. The predicted molar refractivity (Wildman–Crippen MR) is 66.7 cm³/mol. The second-order valence-electron chi connectivity index (χ2n) is 3.90. The van der Waals surface area contributed by atoms with Crippen molar-refractivity contribution in [3.8, 4) is 11.8 Å². The lowest BCUT2D eigenvalue weighted by Gasteiger charge is -2.21. The van der Waals surface area contributed by atoms with E-state index in [0.717, 1.165) is 12.2 Å². The molecule has 2 unspecified atom stereocenters. The molecule has 0 amide bonds. The number of likely N-dealkylation sites (N-methyl/N-ethyl adjacent to an activating group) is 1. The van der Waals surface area contributed by atoms with Gasteiger partial charge in [0.05, 0.1) is 20.3 Å². The largest absolute Gasteiger partial charge is 0.481 e. The smallest absolute Gasteiger partial charge is 0.220 e. The minimum atomic E-state index is 0.203. The van der Waals surface area contributed by atoms with Crippen LogP contribution < -0.4 is 14.8 Å². The summed E-state index contributed by atoms with van der Waals surface area (Å²) in [4.78, 5) is 8.73. The van der Waals surface area contributed by atoms with Crippen LogP contribution in [0, 0.1) is 0 Å². The van der Waals surface area contributed by atoms with Crippen molar-refractivity contribution < 1.29 is 9.47 Å². The molecule has 1 rings (SSSR count). The van der Waals surface area contributed by atoms with Gasteiger partial charge in [0.15, 0.2) is 0 Å². The van der Waals surface area contributed by atoms with Gasteiger partial charge in [-0.15, -0.1) is 0 Å². The number of rotatable bonds is 6. The van der Waals surface area contributed by atoms with Crippen molar-refractivity contribution in [1.82, 2.24) is 15.3 Å². The molecular formula is C12H21N3O2. The first-order chi connectivity index (χ1) is 8.15. The van der Waals surface area contributed by atoms with Gasteiger partial charge in [0, 0.05) is 12.0 Å². The van der Waals surface area contributed by atoms with Crippen LogP contribution in [0.25, 0.3) is 0 Å². The Morgan fingerprint density at radius 2 is 1.76 bits per heavy atom. The first-order valence-corrected chi connectivity index (χ1v) is 5.80. The SMILES string of the molecule is CCC(NC)C(C)c1nc(OC)cc(OC)n1. The topological polar surface area (TPSA) is 56.3 Å². The highest BCUT2D eigenvalue weighted by Crippen LogP contribution is 2.23. The highest BCUT2D eigenvalue weighted by molar-refractivity contribution is 5.22. The van der Waals surface area contributed by atoms with E-state index in [1.165, 1.54) is 0 Å². The number of nitrogens with one attached hydrogen (secondary N) is 1. The summed E-state index contributed by atoms with van der Waals surface area (Å²) >= 11 is 0. The second-order valence-corrected chi connectivity index (χ2v) is 3.90. The van der Waals surface area contributed by atoms with Crippen molar-refractivity contribution in [3.05, 3.63) is 11.9 Å². The van der Waals surface area contributed by atoms with E-state index in [4.69, 9.17) is 9.47 Å². The molecule has 96 valence electrons. The van der Waals surface area contributed by atoms with E-state index in [0.29, 0.717) is 17.8 Å². The van der Waals surface area contributed by atoms with Gasteiger partial charge in [-0.05, 0) is 13.5 Å². The summed E-state index contributed by atoms with van der Waals surface area (Å²) in [7, 11) is 5.12. The van der Waals surface area contributed by atoms with Crippen molar-refractivity contribution >= 4 is 0 Å². The number of ether oxygens (including phenoxy) is 2. The number of hydrogen-bond acceptors (Lipinski definition) is 5. The molecule has 0 radical (unpaired) electrons. The quantitative estimate of drug-likeness (QED) is 0.817. The van der Waals surface area contributed by atoms with Crippen LogP contribution in [0.1, 0.15) is 32.0 Å². The molecule has 0 fully saturated rings. The van der Waals surface area contributed by atoms with Crippen LogP contribution in [0.4, 0.5) is 0 Å². The molecule has 17 heavy (non-hydrogen) atoms. The third kappa shape index (κ3) is 3.30. The fourth-order valence-corrected chi connectivity index (χ4v) is 1.82. The van der Waals surface area contributed by atoms with Gasteiger partial charge >= 0.3 is 0 Å². The molecule has 0 saturated heterocycles. The van der Waals surface area contributed by atoms with Gasteiger partial charge in [0.25, 0.3) is 0 Å². The Hall–Kier alpha value is -1.36. The maximum absolute atomic E-state index is 5.14. The maximum Gasteiger partial charge on any atom is 0.220 e. The Morgan fingerprint density at radius 1 is 1.24 bits per heavy atom. The van der Waals surface area contributed by atoms with Crippen LogP contribution in [-0.4, -0.2) is 37.3 Å². The molecular weight excluding hydrogens is 218 g/mol. The summed E-state index contributed by atoms with van der Waals surface area (Å²) in [6.45, 7) is 4.23. The van der Waals surface area contributed by atoms with E-state index in [9.17, 15) is 0 Å². The molecule has 1 N–H and O–H groups in total. The Balaban J connectivity index is 3.02. The highest BCUT2D eigenvalue weighted by Gasteiger charge is 2.19. The average Bonchev–Trinajstić information content (AvgIpc) is 2.39. The number of hydrogen-bond donors (Lipinski definition) is 1. The second kappa shape index (κ2) is 6.39. The third-order valence-electron chi connectivity index (χ3n) is 2.94. The molecule has 1 heterocycles. The lowest BCUT2D eigenvalue weighted by molar-refractivity contribution is 0.360. The molecule has 0 aliphatic heterocycles. The van der Waals surface area contributed by atoms with Crippen molar-refractivity contribution in [2.75, 3.05) is 21.3 Å². The molecule has 0 spiro atoms. The molecule has 0 bridgehead atoms. The van der Waals surface area contributed by atoms with E-state index in [2.05, 4.69) is 29.1 Å². The molecule has 0 aliphatic rings. The van der Waals surface area contributed by atoms with Crippen molar-refractivity contribution in [1.29, 1.82) is 0 Å². The van der Waals surface area contributed by atoms with Gasteiger partial charge in [-0.3, -0.25) is 0 Å². The molecule has 5 nitrogen and oxygen atoms in total. The van der Waals surface area contributed by atoms with Crippen LogP contribution in [0.5, 0.6) is 11.8 Å². The zero-order valence-corrected chi connectivity index (χ0v) is 11.2. The van der Waals surface area contributed by atoms with Gasteiger partial charge in [0.1, 0.15) is 5.82 Å². The minimum absolute atomic E-state index is 0.203. The molecule has 5 heteroatoms. The Morgan fingerprint density at radius 3 is 2.12 bits per heavy atom. The Labute approximate surface area is 103 Å². The molecule has 0 aliphatic carbocycles. The van der Waals surface area contributed by atoms with Gasteiger partial charge < -0.3 is 14.8 Å². The summed E-state index contributed by atoms with van der Waals surface area (Å²) < 4.78 is 10.3. The number of nitrogens with zero attached hydrogens (tertiary/aromatic N) is 2. The average molecular weight is 239 g/mol. The third-order valence-corrected chi connectivity index (χ3v) is 2.94. The van der Waals surface area contributed by atoms with Crippen LogP contribution in [0.3, 0.4) is 0 Å². The molecule has 1 aromatic heterocycles. The lowest BCUT2D eigenvalue weighted by atomic mass is 9.99. The van der Waals surface area contributed by atoms with Crippen molar-refractivity contribution in [2.45, 2.75) is 32.2 Å². The van der Waals surface area contributed by atoms with E-state index in [-0.39, 0.29) is 5.92 Å². The Kier molecular flexibility index (Phi) is 5.15. The van der Waals surface area contributed by atoms with Crippen LogP contribution in [0.2, 0.25) is 0 Å². The highest BCUT2D eigenvalue weighted by atomic mass is 16.5. The predicted octanol–water partition coefficient (Wildman–Crippen LogP) is 1.60. The molecule has 2 atom stereocenters. The lowest BCUT2D eigenvalue weighted by Crippen LogP contribution is -2.31. The van der Waals surface area contributed by atoms with E-state index >= 15 is 0 Å². The summed E-state index contributed by atoms with van der Waals surface area (Å²) in [6, 6.07) is 2.02. The molecule has 0 saturated carbocycles. The minimum Gasteiger partial charge on any atom is -0.481 e. The van der Waals surface area contributed by atoms with Gasteiger partial charge in [0.2, 0.25) is 11.8 Å². The standard InChI is InChI=1S/C12H21N3O2/c1-6-9(13-3)8(2)12-14-10(16-4)7-11(15-12)17-5/h7-9,13H,6H2,1-5H3. The van der Waals surface area contributed by atoms with Crippen LogP contribution in [-0.2, 0) is 0 Å². The Bertz CT molecular complexity index is 331. The first kappa shape index (κ1) is 13.7. The number of methoxy groups -OCH3 is 2. The zero-order valence-electron chi connectivity index (χ0n) is 11.2. The molecule has 1 aromatic rings. The van der Waals surface area contributed by atoms with E-state index in [1.807, 2.05) is 7.05 Å². The van der Waals surface area contributed by atoms with Gasteiger partial charge in [-0.1, -0.05) is 13.8 Å². The summed E-state index contributed by atoms with van der Waals surface area (Å²) in [5.74, 6) is 2.01. The van der Waals surface area contributed by atoms with Gasteiger partial charge in [-0.25, -0.2) is 0 Å². The van der Waals surface area contributed by atoms with E-state index in [1.54, 1.807) is 20.3 Å².